The van der Waals surface area contributed by atoms with Gasteiger partial charge in [-0.25, -0.2) is 9.78 Å². The number of alkyl halides is 1. The van der Waals surface area contributed by atoms with Gasteiger partial charge in [-0.3, -0.25) is 20.2 Å². The minimum absolute atomic E-state index is 0.0132. The minimum Gasteiger partial charge on any atom is -0.370 e. The van der Waals surface area contributed by atoms with Gasteiger partial charge in [-0.15, -0.1) is 0 Å². The van der Waals surface area contributed by atoms with Crippen LogP contribution >= 0.6 is 11.6 Å². The number of nitrogens with one attached hydrogen (secondary N) is 2. The molecule has 0 aromatic carbocycles. The van der Waals surface area contributed by atoms with Crippen molar-refractivity contribution in [3.8, 4) is 0 Å². The van der Waals surface area contributed by atoms with E-state index < -0.39 is 40.9 Å². The lowest BCUT2D eigenvalue weighted by atomic mass is 9.67. The number of imide groups is 2. The molecule has 1 spiro atoms. The third kappa shape index (κ3) is 2.29. The summed E-state index contributed by atoms with van der Waals surface area (Å²) in [5, 5.41) is 8.41. The first kappa shape index (κ1) is 18.3. The number of morpholine rings is 1. The van der Waals surface area contributed by atoms with Gasteiger partial charge in [0.15, 0.2) is 11.0 Å². The maximum atomic E-state index is 13.1. The highest BCUT2D eigenvalue weighted by Gasteiger charge is 2.64. The van der Waals surface area contributed by atoms with Crippen molar-refractivity contribution in [3.05, 3.63) is 17.5 Å². The van der Waals surface area contributed by atoms with Gasteiger partial charge in [-0.2, -0.15) is 0 Å². The minimum atomic E-state index is -1.63. The van der Waals surface area contributed by atoms with Crippen LogP contribution in [0.5, 0.6) is 0 Å². The SMILES string of the molecule is Cc1noc2cc3c(nc12)CC1(C(=O)NC(=O)NC1=O)[C@H]1[C@H](C)O[C@H](C)C(Cl)N31. The molecular formula is C18H18ClN5O5. The van der Waals surface area contributed by atoms with Gasteiger partial charge >= 0.3 is 6.03 Å². The van der Waals surface area contributed by atoms with Crippen LogP contribution in [0.15, 0.2) is 10.6 Å². The number of amides is 4. The fraction of sp³-hybridized carbons (Fsp3) is 0.500. The van der Waals surface area contributed by atoms with Crippen molar-refractivity contribution in [3.63, 3.8) is 0 Å². The van der Waals surface area contributed by atoms with Crippen LogP contribution < -0.4 is 15.5 Å². The predicted molar refractivity (Wildman–Crippen MR) is 100 cm³/mol. The average Bonchev–Trinajstić information content (AvgIpc) is 3.01. The van der Waals surface area contributed by atoms with Crippen molar-refractivity contribution in [1.29, 1.82) is 0 Å². The number of aromatic nitrogens is 2. The molecule has 10 nitrogen and oxygen atoms in total. The van der Waals surface area contributed by atoms with E-state index in [-0.39, 0.29) is 12.5 Å². The van der Waals surface area contributed by atoms with Gasteiger partial charge in [-0.1, -0.05) is 16.8 Å². The maximum Gasteiger partial charge on any atom is 0.328 e. The number of carbonyl (C=O) groups excluding carboxylic acids is 3. The topological polar surface area (TPSA) is 127 Å². The molecule has 0 radical (unpaired) electrons. The number of ether oxygens (including phenoxy) is 1. The van der Waals surface area contributed by atoms with Gasteiger partial charge in [0.25, 0.3) is 0 Å². The lowest BCUT2D eigenvalue weighted by Crippen LogP contribution is -2.76. The number of aryl methyl sites for hydroxylation is 1. The third-order valence-electron chi connectivity index (χ3n) is 5.99. The molecule has 5 rings (SSSR count). The Morgan fingerprint density at radius 2 is 1.90 bits per heavy atom. The highest BCUT2D eigenvalue weighted by atomic mass is 35.5. The number of carbonyl (C=O) groups is 3. The second kappa shape index (κ2) is 5.90. The summed E-state index contributed by atoms with van der Waals surface area (Å²) in [6, 6.07) is 0.188. The van der Waals surface area contributed by atoms with Crippen LogP contribution in [0.4, 0.5) is 10.5 Å². The number of fused-ring (bicyclic) bond motifs is 5. The van der Waals surface area contributed by atoms with Crippen molar-refractivity contribution >= 4 is 46.2 Å². The summed E-state index contributed by atoms with van der Waals surface area (Å²) in [5.41, 5.74) is 0.492. The maximum absolute atomic E-state index is 13.1. The summed E-state index contributed by atoms with van der Waals surface area (Å²) in [6.07, 6.45) is -0.917. The predicted octanol–water partition coefficient (Wildman–Crippen LogP) is 0.987. The van der Waals surface area contributed by atoms with E-state index in [0.717, 1.165) is 0 Å². The van der Waals surface area contributed by atoms with E-state index in [1.54, 1.807) is 24.8 Å². The molecule has 29 heavy (non-hydrogen) atoms. The molecule has 152 valence electrons. The molecule has 0 bridgehead atoms. The normalized spacial score (nSPS) is 30.8. The van der Waals surface area contributed by atoms with Crippen LogP contribution in [0.3, 0.4) is 0 Å². The summed E-state index contributed by atoms with van der Waals surface area (Å²) >= 11 is 6.71. The van der Waals surface area contributed by atoms with E-state index in [1.165, 1.54) is 0 Å². The molecule has 11 heteroatoms. The Kier molecular flexibility index (Phi) is 3.72. The van der Waals surface area contributed by atoms with Gasteiger partial charge in [0.1, 0.15) is 16.7 Å². The van der Waals surface area contributed by atoms with Gasteiger partial charge in [0.2, 0.25) is 11.8 Å². The second-order valence-corrected chi connectivity index (χ2v) is 8.17. The van der Waals surface area contributed by atoms with Crippen molar-refractivity contribution in [2.45, 2.75) is 50.9 Å². The van der Waals surface area contributed by atoms with E-state index in [9.17, 15) is 14.4 Å². The molecule has 2 aromatic rings. The first-order valence-electron chi connectivity index (χ1n) is 9.24. The van der Waals surface area contributed by atoms with Crippen LogP contribution in [0.25, 0.3) is 11.1 Å². The third-order valence-corrected chi connectivity index (χ3v) is 6.55. The largest absolute Gasteiger partial charge is 0.370 e. The Morgan fingerprint density at radius 3 is 2.59 bits per heavy atom. The van der Waals surface area contributed by atoms with Crippen molar-refractivity contribution in [2.75, 3.05) is 4.90 Å². The number of pyridine rings is 1. The van der Waals surface area contributed by atoms with E-state index in [4.69, 9.17) is 20.9 Å². The fourth-order valence-corrected chi connectivity index (χ4v) is 5.02. The Hall–Kier alpha value is -2.72. The van der Waals surface area contributed by atoms with Gasteiger partial charge < -0.3 is 14.2 Å². The van der Waals surface area contributed by atoms with Crippen molar-refractivity contribution in [2.24, 2.45) is 5.41 Å². The molecule has 2 aromatic heterocycles. The first-order chi connectivity index (χ1) is 13.7. The fourth-order valence-electron chi connectivity index (χ4n) is 4.73. The molecule has 1 unspecified atom stereocenters. The van der Waals surface area contributed by atoms with E-state index >= 15 is 0 Å². The van der Waals surface area contributed by atoms with E-state index in [2.05, 4.69) is 20.8 Å². The number of hydrogen-bond acceptors (Lipinski definition) is 8. The molecule has 4 amide bonds. The summed E-state index contributed by atoms with van der Waals surface area (Å²) in [7, 11) is 0. The number of barbiturate groups is 1. The molecule has 3 aliphatic rings. The first-order valence-corrected chi connectivity index (χ1v) is 9.68. The zero-order chi connectivity index (χ0) is 20.7. The van der Waals surface area contributed by atoms with Gasteiger partial charge in [0.05, 0.1) is 29.6 Å². The summed E-state index contributed by atoms with van der Waals surface area (Å²) in [4.78, 5) is 44.4. The highest BCUT2D eigenvalue weighted by Crippen LogP contribution is 2.49. The molecule has 2 N–H and O–H groups in total. The molecule has 2 saturated heterocycles. The number of hydrogen-bond donors (Lipinski definition) is 2. The van der Waals surface area contributed by atoms with E-state index in [0.29, 0.717) is 28.2 Å². The number of halogens is 1. The van der Waals surface area contributed by atoms with Crippen LogP contribution in [-0.2, 0) is 20.7 Å². The standard InChI is InChI=1S/C18H18ClN5O5/c1-6-12-11(29-23-6)4-10-9(20-12)5-18(15(25)21-17(27)22-16(18)26)13-7(2)28-8(3)14(19)24(10)13/h4,7-8,13-14H,5H2,1-3H3,(H2,21,22,25,26,27)/t7-,8+,13+,14?/m0/s1. The molecule has 4 atom stereocenters. The second-order valence-electron chi connectivity index (χ2n) is 7.73. The zero-order valence-electron chi connectivity index (χ0n) is 15.9. The lowest BCUT2D eigenvalue weighted by Gasteiger charge is -2.56. The molecule has 2 fully saturated rings. The quantitative estimate of drug-likeness (QED) is 0.367. The summed E-state index contributed by atoms with van der Waals surface area (Å²) in [5.74, 6) is -1.38. The molecule has 5 heterocycles. The Morgan fingerprint density at radius 1 is 1.21 bits per heavy atom. The molecule has 0 aliphatic carbocycles. The Bertz CT molecular complexity index is 1060. The summed E-state index contributed by atoms with van der Waals surface area (Å²) in [6.45, 7) is 5.36. The number of nitrogens with zero attached hydrogens (tertiary/aromatic N) is 3. The number of anilines is 1. The van der Waals surface area contributed by atoms with Crippen LogP contribution in [0.1, 0.15) is 25.2 Å². The summed E-state index contributed by atoms with van der Waals surface area (Å²) < 4.78 is 11.3. The van der Waals surface area contributed by atoms with Gasteiger partial charge in [0, 0.05) is 12.5 Å². The van der Waals surface area contributed by atoms with Gasteiger partial charge in [-0.05, 0) is 20.8 Å². The Balaban J connectivity index is 1.78. The number of urea groups is 1. The molecule has 3 aliphatic heterocycles. The van der Waals surface area contributed by atoms with Crippen molar-refractivity contribution < 1.29 is 23.6 Å². The Labute approximate surface area is 169 Å². The van der Waals surface area contributed by atoms with Crippen molar-refractivity contribution in [1.82, 2.24) is 20.8 Å². The molecular weight excluding hydrogens is 402 g/mol. The smallest absolute Gasteiger partial charge is 0.328 e. The molecule has 0 saturated carbocycles. The average molecular weight is 420 g/mol. The zero-order valence-corrected chi connectivity index (χ0v) is 16.6. The van der Waals surface area contributed by atoms with Crippen LogP contribution in [-0.4, -0.2) is 51.7 Å². The van der Waals surface area contributed by atoms with E-state index in [1.807, 2.05) is 6.92 Å². The highest BCUT2D eigenvalue weighted by molar-refractivity contribution is 6.24. The van der Waals surface area contributed by atoms with Crippen LogP contribution in [0, 0.1) is 12.3 Å². The monoisotopic (exact) mass is 419 g/mol. The lowest BCUT2D eigenvalue weighted by molar-refractivity contribution is -0.154. The van der Waals surface area contributed by atoms with Crippen LogP contribution in [0.2, 0.25) is 0 Å². The number of rotatable bonds is 0.